The quantitative estimate of drug-likeness (QED) is 0.603. The standard InChI is InChI=1S/C13H15N3O/c17-15-10-4-3-5-11(8-10)16-9-14-12-6-1-2-7-13(12)16/h1-2,6-7,9,11,17H,3-5,8H2. The summed E-state index contributed by atoms with van der Waals surface area (Å²) in [6.07, 6.45) is 5.85. The van der Waals surface area contributed by atoms with Gasteiger partial charge in [0, 0.05) is 12.5 Å². The molecule has 1 fully saturated rings. The van der Waals surface area contributed by atoms with E-state index in [-0.39, 0.29) is 0 Å². The number of hydrogen-bond donors (Lipinski definition) is 1. The number of nitrogens with zero attached hydrogens (tertiary/aromatic N) is 3. The third-order valence-electron chi connectivity index (χ3n) is 3.49. The van der Waals surface area contributed by atoms with Gasteiger partial charge in [0.15, 0.2) is 0 Å². The molecule has 0 amide bonds. The normalized spacial score (nSPS) is 23.3. The molecule has 0 bridgehead atoms. The molecule has 4 heteroatoms. The highest BCUT2D eigenvalue weighted by atomic mass is 16.4. The fourth-order valence-electron chi connectivity index (χ4n) is 2.62. The van der Waals surface area contributed by atoms with Crippen molar-refractivity contribution in [3.63, 3.8) is 0 Å². The molecule has 4 nitrogen and oxygen atoms in total. The number of aromatic nitrogens is 2. The number of oxime groups is 1. The van der Waals surface area contributed by atoms with E-state index in [0.29, 0.717) is 6.04 Å². The first-order chi connectivity index (χ1) is 8.38. The van der Waals surface area contributed by atoms with Crippen molar-refractivity contribution in [3.05, 3.63) is 30.6 Å². The molecule has 1 atom stereocenters. The summed E-state index contributed by atoms with van der Waals surface area (Å²) in [5.41, 5.74) is 3.09. The van der Waals surface area contributed by atoms with Gasteiger partial charge in [-0.1, -0.05) is 17.3 Å². The van der Waals surface area contributed by atoms with Gasteiger partial charge in [0.25, 0.3) is 0 Å². The van der Waals surface area contributed by atoms with Crippen LogP contribution in [0.25, 0.3) is 11.0 Å². The Bertz CT molecular complexity index is 559. The molecular formula is C13H15N3O. The minimum absolute atomic E-state index is 0.377. The maximum atomic E-state index is 8.88. The lowest BCUT2D eigenvalue weighted by atomic mass is 9.93. The molecule has 0 spiro atoms. The average Bonchev–Trinajstić information content (AvgIpc) is 2.82. The minimum Gasteiger partial charge on any atom is -0.411 e. The molecule has 0 aliphatic heterocycles. The molecule has 1 unspecified atom stereocenters. The van der Waals surface area contributed by atoms with Gasteiger partial charge in [-0.05, 0) is 31.4 Å². The van der Waals surface area contributed by atoms with Crippen LogP contribution in [-0.2, 0) is 0 Å². The highest BCUT2D eigenvalue weighted by molar-refractivity contribution is 5.85. The largest absolute Gasteiger partial charge is 0.411 e. The van der Waals surface area contributed by atoms with Crippen LogP contribution in [0.5, 0.6) is 0 Å². The lowest BCUT2D eigenvalue weighted by Crippen LogP contribution is -2.18. The molecule has 17 heavy (non-hydrogen) atoms. The molecule has 1 saturated carbocycles. The van der Waals surface area contributed by atoms with Crippen LogP contribution in [0, 0.1) is 0 Å². The molecule has 0 saturated heterocycles. The van der Waals surface area contributed by atoms with Crippen molar-refractivity contribution in [1.82, 2.24) is 9.55 Å². The molecule has 1 aliphatic rings. The van der Waals surface area contributed by atoms with E-state index in [1.54, 1.807) is 0 Å². The molecular weight excluding hydrogens is 214 g/mol. The highest BCUT2D eigenvalue weighted by Crippen LogP contribution is 2.29. The van der Waals surface area contributed by atoms with E-state index in [9.17, 15) is 0 Å². The van der Waals surface area contributed by atoms with E-state index in [0.717, 1.165) is 42.4 Å². The fourth-order valence-corrected chi connectivity index (χ4v) is 2.62. The van der Waals surface area contributed by atoms with Crippen LogP contribution in [0.1, 0.15) is 31.7 Å². The van der Waals surface area contributed by atoms with Crippen LogP contribution < -0.4 is 0 Å². The predicted octanol–water partition coefficient (Wildman–Crippen LogP) is 2.98. The maximum Gasteiger partial charge on any atom is 0.0961 e. The third-order valence-corrected chi connectivity index (χ3v) is 3.49. The topological polar surface area (TPSA) is 50.4 Å². The molecule has 1 heterocycles. The monoisotopic (exact) mass is 229 g/mol. The Balaban J connectivity index is 1.98. The van der Waals surface area contributed by atoms with Crippen molar-refractivity contribution in [2.75, 3.05) is 0 Å². The van der Waals surface area contributed by atoms with Crippen LogP contribution in [0.4, 0.5) is 0 Å². The van der Waals surface area contributed by atoms with Crippen molar-refractivity contribution in [1.29, 1.82) is 0 Å². The lowest BCUT2D eigenvalue weighted by molar-refractivity contribution is 0.310. The molecule has 0 radical (unpaired) electrons. The summed E-state index contributed by atoms with van der Waals surface area (Å²) >= 11 is 0. The van der Waals surface area contributed by atoms with Crippen molar-refractivity contribution in [2.24, 2.45) is 5.16 Å². The van der Waals surface area contributed by atoms with E-state index in [1.165, 1.54) is 0 Å². The minimum atomic E-state index is 0.377. The van der Waals surface area contributed by atoms with Gasteiger partial charge in [-0.25, -0.2) is 4.98 Å². The van der Waals surface area contributed by atoms with Crippen molar-refractivity contribution in [2.45, 2.75) is 31.7 Å². The van der Waals surface area contributed by atoms with Gasteiger partial charge in [-0.15, -0.1) is 0 Å². The van der Waals surface area contributed by atoms with Crippen molar-refractivity contribution >= 4 is 16.7 Å². The second-order valence-corrected chi connectivity index (χ2v) is 4.56. The van der Waals surface area contributed by atoms with Gasteiger partial charge in [0.05, 0.1) is 23.1 Å². The molecule has 1 N–H and O–H groups in total. The van der Waals surface area contributed by atoms with Crippen molar-refractivity contribution < 1.29 is 5.21 Å². The van der Waals surface area contributed by atoms with Crippen LogP contribution in [0.2, 0.25) is 0 Å². The zero-order valence-electron chi connectivity index (χ0n) is 9.58. The van der Waals surface area contributed by atoms with Gasteiger partial charge in [-0.2, -0.15) is 0 Å². The first-order valence-electron chi connectivity index (χ1n) is 6.00. The Morgan fingerprint density at radius 3 is 3.12 bits per heavy atom. The SMILES string of the molecule is ON=C1CCCC(n2cnc3ccccc32)C1. The summed E-state index contributed by atoms with van der Waals surface area (Å²) in [7, 11) is 0. The average molecular weight is 229 g/mol. The zero-order valence-corrected chi connectivity index (χ0v) is 9.58. The number of para-hydroxylation sites is 2. The molecule has 3 rings (SSSR count). The van der Waals surface area contributed by atoms with Crippen molar-refractivity contribution in [3.8, 4) is 0 Å². The number of benzene rings is 1. The summed E-state index contributed by atoms with van der Waals surface area (Å²) in [5.74, 6) is 0. The Labute approximate surface area is 99.6 Å². The second-order valence-electron chi connectivity index (χ2n) is 4.56. The first-order valence-corrected chi connectivity index (χ1v) is 6.00. The van der Waals surface area contributed by atoms with Crippen LogP contribution >= 0.6 is 0 Å². The molecule has 1 aromatic carbocycles. The third kappa shape index (κ3) is 1.79. The fraction of sp³-hybridized carbons (Fsp3) is 0.385. The maximum absolute atomic E-state index is 8.88. The second kappa shape index (κ2) is 4.20. The summed E-state index contributed by atoms with van der Waals surface area (Å²) < 4.78 is 2.21. The van der Waals surface area contributed by atoms with Crippen LogP contribution in [0.3, 0.4) is 0 Å². The van der Waals surface area contributed by atoms with Crippen LogP contribution in [-0.4, -0.2) is 20.5 Å². The summed E-state index contributed by atoms with van der Waals surface area (Å²) in [6.45, 7) is 0. The van der Waals surface area contributed by atoms with E-state index in [4.69, 9.17) is 5.21 Å². The highest BCUT2D eigenvalue weighted by Gasteiger charge is 2.21. The van der Waals surface area contributed by atoms with Gasteiger partial charge < -0.3 is 9.77 Å². The van der Waals surface area contributed by atoms with E-state index < -0.39 is 0 Å². The number of fused-ring (bicyclic) bond motifs is 1. The smallest absolute Gasteiger partial charge is 0.0961 e. The number of hydrogen-bond acceptors (Lipinski definition) is 3. The molecule has 1 aromatic heterocycles. The molecule has 2 aromatic rings. The molecule has 88 valence electrons. The molecule has 1 aliphatic carbocycles. The van der Waals surface area contributed by atoms with Gasteiger partial charge in [0.1, 0.15) is 0 Å². The zero-order chi connectivity index (χ0) is 11.7. The number of rotatable bonds is 1. The van der Waals surface area contributed by atoms with E-state index >= 15 is 0 Å². The summed E-state index contributed by atoms with van der Waals surface area (Å²) in [4.78, 5) is 4.41. The Morgan fingerprint density at radius 2 is 2.24 bits per heavy atom. The van der Waals surface area contributed by atoms with Gasteiger partial charge in [-0.3, -0.25) is 0 Å². The number of imidazole rings is 1. The Hall–Kier alpha value is -1.84. The lowest BCUT2D eigenvalue weighted by Gasteiger charge is -2.24. The first kappa shape index (κ1) is 10.3. The van der Waals surface area contributed by atoms with E-state index in [1.807, 2.05) is 24.5 Å². The predicted molar refractivity (Wildman–Crippen MR) is 66.5 cm³/mol. The Morgan fingerprint density at radius 1 is 1.35 bits per heavy atom. The van der Waals surface area contributed by atoms with Gasteiger partial charge >= 0.3 is 0 Å². The van der Waals surface area contributed by atoms with Gasteiger partial charge in [0.2, 0.25) is 0 Å². The van der Waals surface area contributed by atoms with Crippen LogP contribution in [0.15, 0.2) is 35.7 Å². The Kier molecular flexibility index (Phi) is 2.55. The summed E-state index contributed by atoms with van der Waals surface area (Å²) in [6, 6.07) is 8.52. The van der Waals surface area contributed by atoms with E-state index in [2.05, 4.69) is 20.8 Å². The summed E-state index contributed by atoms with van der Waals surface area (Å²) in [5, 5.41) is 12.3.